The van der Waals surface area contributed by atoms with Gasteiger partial charge in [-0.15, -0.1) is 0 Å². The van der Waals surface area contributed by atoms with Gasteiger partial charge in [0.2, 0.25) is 21.7 Å². The zero-order valence-corrected chi connectivity index (χ0v) is 30.7. The molecule has 1 unspecified atom stereocenters. The van der Waals surface area contributed by atoms with Crippen molar-refractivity contribution in [2.45, 2.75) is 87.8 Å². The number of carboxylic acids is 1. The Morgan fingerprint density at radius 2 is 1.56 bits per heavy atom. The summed E-state index contributed by atoms with van der Waals surface area (Å²) < 4.78 is 110. The van der Waals surface area contributed by atoms with Crippen LogP contribution in [0.15, 0.2) is 65.6 Å². The lowest BCUT2D eigenvalue weighted by atomic mass is 9.83. The van der Waals surface area contributed by atoms with E-state index in [9.17, 15) is 41.5 Å². The zero-order valence-electron chi connectivity index (χ0n) is 29.9. The summed E-state index contributed by atoms with van der Waals surface area (Å²) in [6.07, 6.45) is 2.31. The Kier molecular flexibility index (Phi) is 10.8. The summed E-state index contributed by atoms with van der Waals surface area (Å²) in [5, 5.41) is 22.1. The smallest absolute Gasteiger partial charge is 0.335 e. The van der Waals surface area contributed by atoms with Gasteiger partial charge >= 0.3 is 5.97 Å². The van der Waals surface area contributed by atoms with Gasteiger partial charge < -0.3 is 15.2 Å². The van der Waals surface area contributed by atoms with E-state index in [4.69, 9.17) is 4.74 Å². The van der Waals surface area contributed by atoms with Crippen LogP contribution in [0.3, 0.4) is 0 Å². The molecule has 6 rings (SSSR count). The largest absolute Gasteiger partial charge is 0.488 e. The Balaban J connectivity index is 1.56. The Bertz CT molecular complexity index is 2320. The van der Waals surface area contributed by atoms with Crippen molar-refractivity contribution < 1.29 is 49.8 Å². The number of ether oxygens (including phenoxy) is 1. The lowest BCUT2D eigenvalue weighted by molar-refractivity contribution is -0.120. The number of carboxylic acid groups (broad SMARTS) is 1. The number of carbonyl (C=O) groups excluding carboxylic acids is 1. The maximum absolute atomic E-state index is 15.5. The van der Waals surface area contributed by atoms with Gasteiger partial charge in [0, 0.05) is 6.54 Å². The second-order valence-corrected chi connectivity index (χ2v) is 16.6. The number of benzene rings is 4. The van der Waals surface area contributed by atoms with Gasteiger partial charge in [-0.3, -0.25) is 4.79 Å². The van der Waals surface area contributed by atoms with E-state index >= 15 is 8.78 Å². The number of nitriles is 1. The number of anilines is 1. The van der Waals surface area contributed by atoms with E-state index in [0.717, 1.165) is 24.0 Å². The maximum Gasteiger partial charge on any atom is 0.335 e. The number of hydrogen-bond acceptors (Lipinski definition) is 6. The van der Waals surface area contributed by atoms with Gasteiger partial charge in [-0.25, -0.2) is 35.2 Å². The van der Waals surface area contributed by atoms with Crippen LogP contribution in [0.4, 0.5) is 27.6 Å². The number of sulfonamides is 1. The standard InChI is InChI=1S/C40H36F5N3O6S/c1-40(2,3)27-15-21(14-26(17-27)22-8-9-22)16-30(38(49)47-29-13-10-23(39(50)51)18-31(29)54-28-11-12-28)48(20-25-7-5-4-6-24(25)19-46)55(52,53)37-35(44)33(42)32(41)34(43)36(37)45/h4-7,10,13-15,17-18,22,28,30H,8-9,11-12,16,20H2,1-3H3,(H,47,49)(H,50,51). The third-order valence-corrected chi connectivity index (χ3v) is 11.4. The van der Waals surface area contributed by atoms with Crippen LogP contribution in [0.2, 0.25) is 0 Å². The molecule has 0 bridgehead atoms. The number of carbonyl (C=O) groups is 2. The van der Waals surface area contributed by atoms with E-state index < -0.39 is 80.3 Å². The number of amides is 1. The Labute approximate surface area is 314 Å². The highest BCUT2D eigenvalue weighted by atomic mass is 32.2. The van der Waals surface area contributed by atoms with Crippen molar-refractivity contribution in [3.8, 4) is 11.8 Å². The molecule has 9 nitrogen and oxygen atoms in total. The highest BCUT2D eigenvalue weighted by Gasteiger charge is 2.43. The molecular weight excluding hydrogens is 746 g/mol. The van der Waals surface area contributed by atoms with Crippen LogP contribution in [0.1, 0.15) is 90.5 Å². The summed E-state index contributed by atoms with van der Waals surface area (Å²) in [7, 11) is -5.84. The molecule has 0 saturated heterocycles. The SMILES string of the molecule is CC(C)(C)c1cc(CC(C(=O)Nc2ccc(C(=O)O)cc2OC2CC2)N(Cc2ccccc2C#N)S(=O)(=O)c2c(F)c(F)c(F)c(F)c2F)cc(C2CC2)c1. The van der Waals surface area contributed by atoms with Crippen LogP contribution >= 0.6 is 0 Å². The topological polar surface area (TPSA) is 137 Å². The van der Waals surface area contributed by atoms with E-state index in [1.54, 1.807) is 12.1 Å². The van der Waals surface area contributed by atoms with Gasteiger partial charge in [0.25, 0.3) is 0 Å². The molecule has 1 atom stereocenters. The maximum atomic E-state index is 15.5. The third kappa shape index (κ3) is 8.35. The minimum atomic E-state index is -5.84. The van der Waals surface area contributed by atoms with Crippen LogP contribution in [-0.2, 0) is 33.2 Å². The summed E-state index contributed by atoms with van der Waals surface area (Å²) in [6, 6.07) is 14.6. The first-order valence-electron chi connectivity index (χ1n) is 17.4. The first-order valence-corrected chi connectivity index (χ1v) is 18.8. The fourth-order valence-corrected chi connectivity index (χ4v) is 7.82. The summed E-state index contributed by atoms with van der Waals surface area (Å²) in [5.74, 6) is -15.1. The van der Waals surface area contributed by atoms with Crippen molar-refractivity contribution in [3.05, 3.63) is 123 Å². The highest BCUT2D eigenvalue weighted by molar-refractivity contribution is 7.89. The number of aromatic carboxylic acids is 1. The predicted molar refractivity (Wildman–Crippen MR) is 190 cm³/mol. The van der Waals surface area contributed by atoms with E-state index in [2.05, 4.69) is 5.32 Å². The van der Waals surface area contributed by atoms with Gasteiger partial charge in [0.15, 0.2) is 28.2 Å². The first-order chi connectivity index (χ1) is 25.9. The Morgan fingerprint density at radius 3 is 2.15 bits per heavy atom. The van der Waals surface area contributed by atoms with Crippen molar-refractivity contribution >= 4 is 27.6 Å². The molecule has 0 spiro atoms. The molecule has 0 heterocycles. The first kappa shape index (κ1) is 39.4. The Hall–Kier alpha value is -5.33. The number of halogens is 5. The van der Waals surface area contributed by atoms with Crippen molar-refractivity contribution in [2.24, 2.45) is 0 Å². The van der Waals surface area contributed by atoms with Gasteiger partial charge in [-0.2, -0.15) is 9.57 Å². The second-order valence-electron chi connectivity index (χ2n) is 14.7. The summed E-state index contributed by atoms with van der Waals surface area (Å²) in [6.45, 7) is 4.94. The lowest BCUT2D eigenvalue weighted by Gasteiger charge is -2.32. The second kappa shape index (κ2) is 15.1. The molecule has 2 N–H and O–H groups in total. The average molecular weight is 782 g/mol. The number of rotatable bonds is 13. The third-order valence-electron chi connectivity index (χ3n) is 9.51. The van der Waals surface area contributed by atoms with Gasteiger partial charge in [-0.1, -0.05) is 57.2 Å². The van der Waals surface area contributed by atoms with E-state index in [-0.39, 0.29) is 40.1 Å². The normalized spacial score (nSPS) is 15.1. The minimum Gasteiger partial charge on any atom is -0.488 e. The van der Waals surface area contributed by atoms with Gasteiger partial charge in [-0.05, 0) is 90.0 Å². The molecule has 2 aliphatic carbocycles. The van der Waals surface area contributed by atoms with Crippen LogP contribution in [0.5, 0.6) is 5.75 Å². The van der Waals surface area contributed by atoms with Crippen LogP contribution in [-0.4, -0.2) is 41.9 Å². The number of nitrogens with zero attached hydrogens (tertiary/aromatic N) is 2. The van der Waals surface area contributed by atoms with Crippen LogP contribution < -0.4 is 10.1 Å². The molecule has 2 aliphatic rings. The number of hydrogen-bond donors (Lipinski definition) is 2. The van der Waals surface area contributed by atoms with Crippen LogP contribution in [0, 0.1) is 40.4 Å². The fourth-order valence-electron chi connectivity index (χ4n) is 6.13. The van der Waals surface area contributed by atoms with Crippen LogP contribution in [0.25, 0.3) is 0 Å². The summed E-state index contributed by atoms with van der Waals surface area (Å²) in [5.41, 5.74) is 1.37. The molecule has 2 saturated carbocycles. The molecule has 1 amide bonds. The molecular formula is C40H36F5N3O6S. The van der Waals surface area contributed by atoms with E-state index in [0.29, 0.717) is 22.7 Å². The molecule has 288 valence electrons. The zero-order chi connectivity index (χ0) is 40.0. The molecule has 4 aromatic carbocycles. The molecule has 0 aliphatic heterocycles. The fraction of sp³-hybridized carbons (Fsp3) is 0.325. The Morgan fingerprint density at radius 1 is 0.927 bits per heavy atom. The summed E-state index contributed by atoms with van der Waals surface area (Å²) >= 11 is 0. The van der Waals surface area contributed by atoms with Crippen molar-refractivity contribution in [1.29, 1.82) is 5.26 Å². The van der Waals surface area contributed by atoms with Crippen molar-refractivity contribution in [3.63, 3.8) is 0 Å². The van der Waals surface area contributed by atoms with Gasteiger partial charge in [0.05, 0.1) is 29.0 Å². The lowest BCUT2D eigenvalue weighted by Crippen LogP contribution is -2.49. The quantitative estimate of drug-likeness (QED) is 0.0795. The monoisotopic (exact) mass is 781 g/mol. The minimum absolute atomic E-state index is 0.0408. The van der Waals surface area contributed by atoms with Crippen molar-refractivity contribution in [1.82, 2.24) is 4.31 Å². The van der Waals surface area contributed by atoms with Crippen molar-refractivity contribution in [2.75, 3.05) is 5.32 Å². The molecule has 4 aromatic rings. The predicted octanol–water partition coefficient (Wildman–Crippen LogP) is 8.11. The number of nitrogens with one attached hydrogen (secondary N) is 1. The molecule has 2 fully saturated rings. The highest BCUT2D eigenvalue weighted by Crippen LogP contribution is 2.42. The summed E-state index contributed by atoms with van der Waals surface area (Å²) in [4.78, 5) is 24.3. The van der Waals surface area contributed by atoms with Gasteiger partial charge in [0.1, 0.15) is 11.8 Å². The van der Waals surface area contributed by atoms with E-state index in [1.165, 1.54) is 42.5 Å². The molecule has 0 radical (unpaired) electrons. The molecule has 55 heavy (non-hydrogen) atoms. The molecule has 0 aromatic heterocycles. The van der Waals surface area contributed by atoms with E-state index in [1.807, 2.05) is 32.9 Å². The average Bonchev–Trinajstić information content (AvgIpc) is 4.07. The molecule has 15 heteroatoms.